The summed E-state index contributed by atoms with van der Waals surface area (Å²) >= 11 is 0. The molecule has 212 valence electrons. The second-order valence-corrected chi connectivity index (χ2v) is 11.1. The molecule has 4 N–H and O–H groups in total. The monoisotopic (exact) mass is 536 g/mol. The third-order valence-electron chi connectivity index (χ3n) is 8.26. The smallest absolute Gasteiger partial charge is 0.271 e. The van der Waals surface area contributed by atoms with Crippen LogP contribution >= 0.6 is 0 Å². The second-order valence-electron chi connectivity index (χ2n) is 11.1. The number of hydrogen-bond donors (Lipinski definition) is 3. The number of benzene rings is 1. The summed E-state index contributed by atoms with van der Waals surface area (Å²) < 4.78 is 5.50. The lowest BCUT2D eigenvalue weighted by Gasteiger charge is -2.42. The van der Waals surface area contributed by atoms with Crippen molar-refractivity contribution in [2.75, 3.05) is 75.1 Å². The van der Waals surface area contributed by atoms with E-state index in [2.05, 4.69) is 56.4 Å². The number of piperidine rings is 1. The Kier molecular flexibility index (Phi) is 9.16. The Morgan fingerprint density at radius 1 is 0.974 bits per heavy atom. The average Bonchev–Trinajstić information content (AvgIpc) is 2.96. The van der Waals surface area contributed by atoms with E-state index < -0.39 is 5.91 Å². The molecule has 0 spiro atoms. The van der Waals surface area contributed by atoms with E-state index >= 15 is 0 Å². The molecular weight excluding hydrogens is 492 g/mol. The summed E-state index contributed by atoms with van der Waals surface area (Å²) in [6.45, 7) is 10.4. The third kappa shape index (κ3) is 6.98. The van der Waals surface area contributed by atoms with Crippen LogP contribution in [0.1, 0.15) is 55.2 Å². The number of nitrogens with zero attached hydrogens (tertiary/aromatic N) is 5. The van der Waals surface area contributed by atoms with E-state index in [4.69, 9.17) is 15.5 Å². The Morgan fingerprint density at radius 3 is 2.31 bits per heavy atom. The van der Waals surface area contributed by atoms with Gasteiger partial charge in [0.1, 0.15) is 0 Å². The van der Waals surface area contributed by atoms with Crippen molar-refractivity contribution in [3.8, 4) is 0 Å². The molecule has 1 amide bonds. The number of nitrogens with one attached hydrogen (secondary N) is 2. The Labute approximate surface area is 232 Å². The number of rotatable bonds is 9. The van der Waals surface area contributed by atoms with Crippen LogP contribution in [-0.4, -0.2) is 97.3 Å². The van der Waals surface area contributed by atoms with Crippen LogP contribution in [0.5, 0.6) is 0 Å². The molecule has 0 bridgehead atoms. The highest BCUT2D eigenvalue weighted by Gasteiger charge is 2.27. The number of hydrogen-bond acceptors (Lipinski definition) is 9. The topological polar surface area (TPSA) is 112 Å². The largest absolute Gasteiger partial charge is 0.381 e. The second kappa shape index (κ2) is 12.9. The van der Waals surface area contributed by atoms with Crippen LogP contribution in [0.15, 0.2) is 24.3 Å². The first-order valence-corrected chi connectivity index (χ1v) is 14.6. The Morgan fingerprint density at radius 2 is 1.67 bits per heavy atom. The SMILES string of the molecule is CCCc1nc(C(N)=O)c(Nc2ccc(N3CCC(N4CCN(C)CC4)CC3)cc2)nc1NC1CCOCC1. The molecule has 3 aliphatic rings. The summed E-state index contributed by atoms with van der Waals surface area (Å²) in [5.74, 6) is 0.522. The summed E-state index contributed by atoms with van der Waals surface area (Å²) in [5, 5.41) is 6.87. The zero-order valence-corrected chi connectivity index (χ0v) is 23.5. The van der Waals surface area contributed by atoms with E-state index in [0.29, 0.717) is 11.9 Å². The standard InChI is InChI=1S/C29H44N8O2/c1-3-4-25-28(31-22-11-19-39-20-12-22)34-29(26(33-25)27(30)38)32-21-5-7-23(8-6-21)36-13-9-24(10-14-36)37-17-15-35(2)16-18-37/h5-8,22,24H,3-4,9-20H2,1-2H3,(H2,30,38)(H2,31,32,34). The lowest BCUT2D eigenvalue weighted by molar-refractivity contribution is 0.0903. The van der Waals surface area contributed by atoms with Crippen LogP contribution in [-0.2, 0) is 11.2 Å². The lowest BCUT2D eigenvalue weighted by atomic mass is 10.0. The van der Waals surface area contributed by atoms with Crippen LogP contribution in [0.3, 0.4) is 0 Å². The molecule has 3 saturated heterocycles. The van der Waals surface area contributed by atoms with Gasteiger partial charge < -0.3 is 30.9 Å². The fraction of sp³-hybridized carbons (Fsp3) is 0.621. The van der Waals surface area contributed by atoms with Crippen molar-refractivity contribution < 1.29 is 9.53 Å². The van der Waals surface area contributed by atoms with Gasteiger partial charge in [0.25, 0.3) is 5.91 Å². The van der Waals surface area contributed by atoms with Gasteiger partial charge in [-0.05, 0) is 63.4 Å². The van der Waals surface area contributed by atoms with Crippen LogP contribution in [0.2, 0.25) is 0 Å². The number of aromatic nitrogens is 2. The number of ether oxygens (including phenoxy) is 1. The molecule has 10 nitrogen and oxygen atoms in total. The van der Waals surface area contributed by atoms with E-state index in [-0.39, 0.29) is 11.7 Å². The molecule has 0 saturated carbocycles. The Hall–Kier alpha value is -2.95. The van der Waals surface area contributed by atoms with Crippen LogP contribution in [0.4, 0.5) is 23.0 Å². The van der Waals surface area contributed by atoms with Gasteiger partial charge in [0.15, 0.2) is 17.3 Å². The van der Waals surface area contributed by atoms with Gasteiger partial charge in [-0.25, -0.2) is 9.97 Å². The zero-order chi connectivity index (χ0) is 27.2. The summed E-state index contributed by atoms with van der Waals surface area (Å²) in [6.07, 6.45) is 5.86. The van der Waals surface area contributed by atoms with E-state index in [1.807, 2.05) is 12.1 Å². The predicted molar refractivity (Wildman–Crippen MR) is 156 cm³/mol. The van der Waals surface area contributed by atoms with Crippen molar-refractivity contribution >= 4 is 28.9 Å². The van der Waals surface area contributed by atoms with E-state index in [0.717, 1.165) is 69.2 Å². The van der Waals surface area contributed by atoms with Gasteiger partial charge in [-0.15, -0.1) is 0 Å². The quantitative estimate of drug-likeness (QED) is 0.445. The molecular formula is C29H44N8O2. The Balaban J connectivity index is 1.25. The van der Waals surface area contributed by atoms with Crippen molar-refractivity contribution in [2.45, 2.75) is 57.5 Å². The molecule has 10 heteroatoms. The molecule has 0 unspecified atom stereocenters. The number of likely N-dealkylation sites (N-methyl/N-ethyl adjacent to an activating group) is 1. The van der Waals surface area contributed by atoms with Crippen LogP contribution in [0.25, 0.3) is 0 Å². The molecule has 0 aliphatic carbocycles. The summed E-state index contributed by atoms with van der Waals surface area (Å²) in [7, 11) is 2.21. The summed E-state index contributed by atoms with van der Waals surface area (Å²) in [5.41, 5.74) is 8.75. The van der Waals surface area contributed by atoms with Gasteiger partial charge >= 0.3 is 0 Å². The van der Waals surface area contributed by atoms with Gasteiger partial charge in [-0.2, -0.15) is 0 Å². The van der Waals surface area contributed by atoms with Gasteiger partial charge in [0, 0.05) is 75.9 Å². The van der Waals surface area contributed by atoms with Crippen molar-refractivity contribution in [1.82, 2.24) is 19.8 Å². The van der Waals surface area contributed by atoms with Crippen molar-refractivity contribution in [1.29, 1.82) is 0 Å². The minimum absolute atomic E-state index is 0.172. The molecule has 1 aromatic carbocycles. The minimum atomic E-state index is -0.584. The number of aryl methyl sites for hydroxylation is 1. The first kappa shape index (κ1) is 27.6. The fourth-order valence-corrected chi connectivity index (χ4v) is 5.86. The van der Waals surface area contributed by atoms with Crippen molar-refractivity contribution in [3.05, 3.63) is 35.7 Å². The van der Waals surface area contributed by atoms with E-state index in [9.17, 15) is 4.79 Å². The lowest BCUT2D eigenvalue weighted by Crippen LogP contribution is -2.52. The number of anilines is 4. The molecule has 1 aromatic heterocycles. The molecule has 2 aromatic rings. The Bertz CT molecular complexity index is 1090. The number of piperazine rings is 1. The average molecular weight is 537 g/mol. The minimum Gasteiger partial charge on any atom is -0.381 e. The highest BCUT2D eigenvalue weighted by Crippen LogP contribution is 2.28. The molecule has 4 heterocycles. The van der Waals surface area contributed by atoms with Crippen LogP contribution in [0, 0.1) is 0 Å². The summed E-state index contributed by atoms with van der Waals surface area (Å²) in [4.78, 5) is 29.4. The van der Waals surface area contributed by atoms with E-state index in [1.165, 1.54) is 44.7 Å². The summed E-state index contributed by atoms with van der Waals surface area (Å²) in [6, 6.07) is 9.34. The fourth-order valence-electron chi connectivity index (χ4n) is 5.86. The maximum absolute atomic E-state index is 12.3. The first-order valence-electron chi connectivity index (χ1n) is 14.6. The third-order valence-corrected chi connectivity index (χ3v) is 8.26. The molecule has 5 rings (SSSR count). The molecule has 0 radical (unpaired) electrons. The molecule has 0 atom stereocenters. The van der Waals surface area contributed by atoms with Gasteiger partial charge in [-0.1, -0.05) is 13.3 Å². The highest BCUT2D eigenvalue weighted by molar-refractivity contribution is 5.96. The van der Waals surface area contributed by atoms with Gasteiger partial charge in [-0.3, -0.25) is 9.69 Å². The number of carbonyl (C=O) groups excluding carboxylic acids is 1. The van der Waals surface area contributed by atoms with Gasteiger partial charge in [0.05, 0.1) is 5.69 Å². The molecule has 3 fully saturated rings. The highest BCUT2D eigenvalue weighted by atomic mass is 16.5. The van der Waals surface area contributed by atoms with Crippen molar-refractivity contribution in [3.63, 3.8) is 0 Å². The normalized spacial score (nSPS) is 20.2. The maximum atomic E-state index is 12.3. The zero-order valence-electron chi connectivity index (χ0n) is 23.5. The van der Waals surface area contributed by atoms with Gasteiger partial charge in [0.2, 0.25) is 0 Å². The maximum Gasteiger partial charge on any atom is 0.271 e. The first-order chi connectivity index (χ1) is 19.0. The van der Waals surface area contributed by atoms with Crippen molar-refractivity contribution in [2.24, 2.45) is 5.73 Å². The number of nitrogens with two attached hydrogens (primary N) is 1. The molecule has 39 heavy (non-hydrogen) atoms. The van der Waals surface area contributed by atoms with E-state index in [1.54, 1.807) is 0 Å². The molecule has 3 aliphatic heterocycles. The number of carbonyl (C=O) groups is 1. The number of primary amides is 1. The number of amides is 1. The van der Waals surface area contributed by atoms with Crippen LogP contribution < -0.4 is 21.3 Å². The predicted octanol–water partition coefficient (Wildman–Crippen LogP) is 3.08.